The maximum absolute atomic E-state index is 9.83. The van der Waals surface area contributed by atoms with Gasteiger partial charge in [-0.2, -0.15) is 0 Å². The number of aliphatic hydroxyl groups is 1. The molecule has 4 N–H and O–H groups in total. The minimum atomic E-state index is -0.269. The van der Waals surface area contributed by atoms with Crippen LogP contribution in [-0.2, 0) is 6.42 Å². The summed E-state index contributed by atoms with van der Waals surface area (Å²) in [4.78, 5) is 5.48. The van der Waals surface area contributed by atoms with Gasteiger partial charge in [0.15, 0.2) is 0 Å². The SMILES string of the molecule is COc1ccc(N=C(N)c2cccs2)cc1C[C@]1(CO)CCCN1. The number of nitrogens with one attached hydrogen (secondary N) is 1. The van der Waals surface area contributed by atoms with Crippen LogP contribution < -0.4 is 15.8 Å². The fourth-order valence-electron chi connectivity index (χ4n) is 3.17. The van der Waals surface area contributed by atoms with E-state index in [-0.39, 0.29) is 12.1 Å². The quantitative estimate of drug-likeness (QED) is 0.555. The van der Waals surface area contributed by atoms with Gasteiger partial charge in [-0.15, -0.1) is 11.3 Å². The smallest absolute Gasteiger partial charge is 0.141 e. The van der Waals surface area contributed by atoms with Crippen molar-refractivity contribution < 1.29 is 9.84 Å². The van der Waals surface area contributed by atoms with Gasteiger partial charge in [0.1, 0.15) is 11.6 Å². The number of methoxy groups -OCH3 is 1. The molecule has 3 rings (SSSR count). The fourth-order valence-corrected chi connectivity index (χ4v) is 3.79. The highest BCUT2D eigenvalue weighted by Gasteiger charge is 2.33. The Kier molecular flexibility index (Phi) is 5.18. The molecular weight excluding hydrogens is 322 g/mol. The number of rotatable bonds is 6. The zero-order valence-electron chi connectivity index (χ0n) is 13.8. The molecule has 0 radical (unpaired) electrons. The Morgan fingerprint density at radius 1 is 1.46 bits per heavy atom. The second kappa shape index (κ2) is 7.34. The summed E-state index contributed by atoms with van der Waals surface area (Å²) in [5.41, 5.74) is 7.64. The van der Waals surface area contributed by atoms with Crippen LogP contribution in [-0.4, -0.2) is 36.7 Å². The Morgan fingerprint density at radius 2 is 2.33 bits per heavy atom. The molecule has 1 saturated heterocycles. The Bertz CT molecular complexity index is 707. The number of hydrogen-bond donors (Lipinski definition) is 3. The van der Waals surface area contributed by atoms with Crippen LogP contribution >= 0.6 is 11.3 Å². The number of aliphatic hydroxyl groups excluding tert-OH is 1. The third-order valence-corrected chi connectivity index (χ3v) is 5.34. The topological polar surface area (TPSA) is 79.9 Å². The second-order valence-corrected chi connectivity index (χ2v) is 7.06. The van der Waals surface area contributed by atoms with Gasteiger partial charge in [-0.1, -0.05) is 6.07 Å². The number of ether oxygens (including phenoxy) is 1. The van der Waals surface area contributed by atoms with Crippen LogP contribution in [0.25, 0.3) is 0 Å². The van der Waals surface area contributed by atoms with E-state index >= 15 is 0 Å². The largest absolute Gasteiger partial charge is 0.496 e. The summed E-state index contributed by atoms with van der Waals surface area (Å²) in [6.07, 6.45) is 2.73. The van der Waals surface area contributed by atoms with Crippen LogP contribution in [0.3, 0.4) is 0 Å². The van der Waals surface area contributed by atoms with Crippen molar-refractivity contribution in [2.75, 3.05) is 20.3 Å². The first-order valence-electron chi connectivity index (χ1n) is 8.07. The summed E-state index contributed by atoms with van der Waals surface area (Å²) in [7, 11) is 1.66. The maximum Gasteiger partial charge on any atom is 0.141 e. The summed E-state index contributed by atoms with van der Waals surface area (Å²) < 4.78 is 5.49. The Balaban J connectivity index is 1.89. The van der Waals surface area contributed by atoms with Gasteiger partial charge in [-0.05, 0) is 61.0 Å². The number of thiophene rings is 1. The van der Waals surface area contributed by atoms with Gasteiger partial charge < -0.3 is 20.9 Å². The highest BCUT2D eigenvalue weighted by molar-refractivity contribution is 7.12. The first-order chi connectivity index (χ1) is 11.7. The van der Waals surface area contributed by atoms with E-state index < -0.39 is 0 Å². The number of amidine groups is 1. The molecule has 5 nitrogen and oxygen atoms in total. The summed E-state index contributed by atoms with van der Waals surface area (Å²) in [6, 6.07) is 9.72. The lowest BCUT2D eigenvalue weighted by atomic mass is 9.89. The normalized spacial score (nSPS) is 21.2. The number of benzene rings is 1. The molecule has 24 heavy (non-hydrogen) atoms. The summed E-state index contributed by atoms with van der Waals surface area (Å²) in [5.74, 6) is 1.32. The molecule has 0 aliphatic carbocycles. The molecule has 128 valence electrons. The molecule has 1 aromatic heterocycles. The second-order valence-electron chi connectivity index (χ2n) is 6.12. The predicted molar refractivity (Wildman–Crippen MR) is 98.5 cm³/mol. The van der Waals surface area contributed by atoms with E-state index in [4.69, 9.17) is 10.5 Å². The Labute approximate surface area is 146 Å². The van der Waals surface area contributed by atoms with Gasteiger partial charge in [0.2, 0.25) is 0 Å². The van der Waals surface area contributed by atoms with Crippen molar-refractivity contribution in [3.05, 3.63) is 46.2 Å². The van der Waals surface area contributed by atoms with E-state index in [0.29, 0.717) is 12.3 Å². The van der Waals surface area contributed by atoms with E-state index in [0.717, 1.165) is 41.3 Å². The zero-order chi connectivity index (χ0) is 17.0. The minimum absolute atomic E-state index is 0.112. The minimum Gasteiger partial charge on any atom is -0.496 e. The predicted octanol–water partition coefficient (Wildman–Crippen LogP) is 2.45. The summed E-state index contributed by atoms with van der Waals surface area (Å²) >= 11 is 1.57. The van der Waals surface area contributed by atoms with E-state index in [1.165, 1.54) is 0 Å². The molecule has 1 atom stereocenters. The Hall–Kier alpha value is -1.89. The van der Waals surface area contributed by atoms with E-state index in [1.54, 1.807) is 18.4 Å². The number of nitrogens with two attached hydrogens (primary N) is 1. The van der Waals surface area contributed by atoms with Gasteiger partial charge in [-0.25, -0.2) is 4.99 Å². The number of nitrogens with zero attached hydrogens (tertiary/aromatic N) is 1. The highest BCUT2D eigenvalue weighted by Crippen LogP contribution is 2.31. The van der Waals surface area contributed by atoms with Crippen LogP contribution in [0.15, 0.2) is 40.7 Å². The van der Waals surface area contributed by atoms with Crippen molar-refractivity contribution in [2.45, 2.75) is 24.8 Å². The highest BCUT2D eigenvalue weighted by atomic mass is 32.1. The van der Waals surface area contributed by atoms with Crippen molar-refractivity contribution in [3.8, 4) is 5.75 Å². The van der Waals surface area contributed by atoms with E-state index in [2.05, 4.69) is 10.3 Å². The average Bonchev–Trinajstić information content (AvgIpc) is 3.27. The van der Waals surface area contributed by atoms with Crippen molar-refractivity contribution in [2.24, 2.45) is 10.7 Å². The molecule has 2 heterocycles. The molecule has 0 amide bonds. The standard InChI is InChI=1S/C18H23N3O2S/c1-23-15-6-5-14(21-17(19)16-4-2-9-24-16)10-13(15)11-18(12-22)7-3-8-20-18/h2,4-6,9-10,20,22H,3,7-8,11-12H2,1H3,(H2,19,21)/t18-/m0/s1. The lowest BCUT2D eigenvalue weighted by Gasteiger charge is -2.28. The van der Waals surface area contributed by atoms with Crippen LogP contribution in [0.4, 0.5) is 5.69 Å². The third-order valence-electron chi connectivity index (χ3n) is 4.45. The average molecular weight is 345 g/mol. The molecule has 2 aromatic rings. The summed E-state index contributed by atoms with van der Waals surface area (Å²) in [5, 5.41) is 15.2. The van der Waals surface area contributed by atoms with Crippen LogP contribution in [0.1, 0.15) is 23.3 Å². The molecule has 6 heteroatoms. The molecule has 0 unspecified atom stereocenters. The zero-order valence-corrected chi connectivity index (χ0v) is 14.6. The third kappa shape index (κ3) is 3.61. The molecule has 1 aromatic carbocycles. The maximum atomic E-state index is 9.83. The van der Waals surface area contributed by atoms with Gasteiger partial charge >= 0.3 is 0 Å². The molecule has 1 aliphatic rings. The van der Waals surface area contributed by atoms with Gasteiger partial charge in [0, 0.05) is 5.54 Å². The van der Waals surface area contributed by atoms with Gasteiger partial charge in [0.05, 0.1) is 24.3 Å². The van der Waals surface area contributed by atoms with Crippen LogP contribution in [0.5, 0.6) is 5.75 Å². The van der Waals surface area contributed by atoms with Crippen molar-refractivity contribution in [1.29, 1.82) is 0 Å². The molecule has 0 saturated carbocycles. The van der Waals surface area contributed by atoms with Crippen molar-refractivity contribution >= 4 is 22.9 Å². The fraction of sp³-hybridized carbons (Fsp3) is 0.389. The number of aliphatic imine (C=N–C) groups is 1. The van der Waals surface area contributed by atoms with Crippen LogP contribution in [0, 0.1) is 0 Å². The summed E-state index contributed by atoms with van der Waals surface area (Å²) in [6.45, 7) is 1.05. The Morgan fingerprint density at radius 3 is 2.96 bits per heavy atom. The lowest BCUT2D eigenvalue weighted by molar-refractivity contribution is 0.176. The molecular formula is C18H23N3O2S. The van der Waals surface area contributed by atoms with Gasteiger partial charge in [-0.3, -0.25) is 0 Å². The lowest BCUT2D eigenvalue weighted by Crippen LogP contribution is -2.45. The monoisotopic (exact) mass is 345 g/mol. The van der Waals surface area contributed by atoms with E-state index in [1.807, 2.05) is 35.7 Å². The molecule has 0 spiro atoms. The molecule has 0 bridgehead atoms. The number of hydrogen-bond acceptors (Lipinski definition) is 5. The van der Waals surface area contributed by atoms with Gasteiger partial charge in [0.25, 0.3) is 0 Å². The first kappa shape index (κ1) is 17.0. The molecule has 1 aliphatic heterocycles. The van der Waals surface area contributed by atoms with E-state index in [9.17, 15) is 5.11 Å². The van der Waals surface area contributed by atoms with Crippen LogP contribution in [0.2, 0.25) is 0 Å². The molecule has 1 fully saturated rings. The van der Waals surface area contributed by atoms with Crippen molar-refractivity contribution in [3.63, 3.8) is 0 Å². The first-order valence-corrected chi connectivity index (χ1v) is 8.95. The van der Waals surface area contributed by atoms with Crippen molar-refractivity contribution in [1.82, 2.24) is 5.32 Å².